The zero-order valence-electron chi connectivity index (χ0n) is 8.22. The zero-order chi connectivity index (χ0) is 9.86. The van der Waals surface area contributed by atoms with Crippen molar-refractivity contribution in [3.8, 4) is 0 Å². The molecule has 0 saturated carbocycles. The van der Waals surface area contributed by atoms with E-state index in [0.717, 1.165) is 5.92 Å². The topological polar surface area (TPSA) is 63.3 Å². The summed E-state index contributed by atoms with van der Waals surface area (Å²) >= 11 is 0. The third-order valence-electron chi connectivity index (χ3n) is 0.175. The SMILES string of the molecule is CC.CC(C)C.NCC(=O)O.[HH]. The van der Waals surface area contributed by atoms with E-state index in [-0.39, 0.29) is 7.97 Å². The minimum absolute atomic E-state index is 0. The molecule has 0 aliphatic heterocycles. The maximum absolute atomic E-state index is 9.24. The van der Waals surface area contributed by atoms with Gasteiger partial charge in [-0.1, -0.05) is 34.6 Å². The van der Waals surface area contributed by atoms with Gasteiger partial charge in [0.25, 0.3) is 0 Å². The Kier molecular flexibility index (Phi) is 24.8. The van der Waals surface area contributed by atoms with Crippen LogP contribution in [0.1, 0.15) is 36.0 Å². The first-order chi connectivity index (χ1) is 5.00. The van der Waals surface area contributed by atoms with E-state index < -0.39 is 5.97 Å². The number of nitrogens with two attached hydrogens (primary N) is 1. The van der Waals surface area contributed by atoms with Crippen molar-refractivity contribution in [2.24, 2.45) is 11.7 Å². The second-order valence-corrected chi connectivity index (χ2v) is 2.33. The predicted octanol–water partition coefficient (Wildman–Crippen LogP) is 1.96. The number of aliphatic carboxylic acids is 1. The smallest absolute Gasteiger partial charge is 0.317 e. The van der Waals surface area contributed by atoms with Crippen LogP contribution in [0.25, 0.3) is 0 Å². The van der Waals surface area contributed by atoms with Crippen molar-refractivity contribution in [2.75, 3.05) is 6.54 Å². The van der Waals surface area contributed by atoms with Crippen molar-refractivity contribution in [1.29, 1.82) is 0 Å². The minimum Gasteiger partial charge on any atom is -0.480 e. The first kappa shape index (κ1) is 16.8. The summed E-state index contributed by atoms with van der Waals surface area (Å²) in [5, 5.41) is 7.60. The van der Waals surface area contributed by atoms with Gasteiger partial charge in [-0.25, -0.2) is 0 Å². The van der Waals surface area contributed by atoms with Crippen LogP contribution in [0.4, 0.5) is 0 Å². The maximum atomic E-state index is 9.24. The molecular weight excluding hydrogens is 142 g/mol. The third kappa shape index (κ3) is 255. The van der Waals surface area contributed by atoms with Crippen LogP contribution in [-0.2, 0) is 4.79 Å². The van der Waals surface area contributed by atoms with Crippen molar-refractivity contribution in [1.82, 2.24) is 0 Å². The molecule has 0 atom stereocenters. The molecule has 72 valence electrons. The first-order valence-electron chi connectivity index (χ1n) is 3.92. The number of hydrogen-bond acceptors (Lipinski definition) is 2. The summed E-state index contributed by atoms with van der Waals surface area (Å²) in [6.07, 6.45) is 0. The Balaban J connectivity index is -0.0000000419. The van der Waals surface area contributed by atoms with Crippen molar-refractivity contribution < 1.29 is 11.3 Å². The summed E-state index contributed by atoms with van der Waals surface area (Å²) < 4.78 is 0. The Morgan fingerprint density at radius 3 is 1.55 bits per heavy atom. The van der Waals surface area contributed by atoms with Gasteiger partial charge in [0.15, 0.2) is 0 Å². The van der Waals surface area contributed by atoms with E-state index in [2.05, 4.69) is 26.5 Å². The Morgan fingerprint density at radius 2 is 1.55 bits per heavy atom. The van der Waals surface area contributed by atoms with Crippen LogP contribution in [0.5, 0.6) is 0 Å². The van der Waals surface area contributed by atoms with Crippen LogP contribution >= 0.6 is 0 Å². The number of carboxylic acid groups (broad SMARTS) is 1. The molecule has 0 aliphatic rings. The van der Waals surface area contributed by atoms with E-state index in [1.165, 1.54) is 0 Å². The predicted molar refractivity (Wildman–Crippen MR) is 50.7 cm³/mol. The van der Waals surface area contributed by atoms with E-state index in [9.17, 15) is 4.79 Å². The lowest BCUT2D eigenvalue weighted by molar-refractivity contribution is -0.135. The van der Waals surface area contributed by atoms with E-state index in [1.54, 1.807) is 0 Å². The molecule has 0 radical (unpaired) electrons. The van der Waals surface area contributed by atoms with Gasteiger partial charge >= 0.3 is 5.97 Å². The highest BCUT2D eigenvalue weighted by molar-refractivity contribution is 5.68. The van der Waals surface area contributed by atoms with Crippen molar-refractivity contribution in [2.45, 2.75) is 34.6 Å². The minimum atomic E-state index is -0.968. The summed E-state index contributed by atoms with van der Waals surface area (Å²) in [6, 6.07) is 0. The molecule has 3 heteroatoms. The van der Waals surface area contributed by atoms with Crippen LogP contribution in [0.15, 0.2) is 0 Å². The molecule has 3 N–H and O–H groups in total. The quantitative estimate of drug-likeness (QED) is 0.624. The molecular formula is C8H23NO2. The highest BCUT2D eigenvalue weighted by Crippen LogP contribution is 1.81. The molecule has 0 unspecified atom stereocenters. The fraction of sp³-hybridized carbons (Fsp3) is 0.875. The fourth-order valence-corrected chi connectivity index (χ4v) is 0. The Bertz CT molecular complexity index is 74.7. The molecule has 0 aliphatic carbocycles. The van der Waals surface area contributed by atoms with Gasteiger partial charge in [-0.3, -0.25) is 4.79 Å². The third-order valence-corrected chi connectivity index (χ3v) is 0.175. The highest BCUT2D eigenvalue weighted by atomic mass is 16.4. The summed E-state index contributed by atoms with van der Waals surface area (Å²) in [6.45, 7) is 10.2. The molecule has 0 fully saturated rings. The molecule has 3 nitrogen and oxygen atoms in total. The molecule has 0 aromatic carbocycles. The summed E-state index contributed by atoms with van der Waals surface area (Å²) in [7, 11) is 0. The molecule has 0 rings (SSSR count). The van der Waals surface area contributed by atoms with Crippen LogP contribution in [-0.4, -0.2) is 17.6 Å². The maximum Gasteiger partial charge on any atom is 0.317 e. The number of hydrogen-bond donors (Lipinski definition) is 2. The van der Waals surface area contributed by atoms with Gasteiger partial charge in [0.1, 0.15) is 0 Å². The number of rotatable bonds is 1. The molecule has 0 saturated heterocycles. The van der Waals surface area contributed by atoms with Gasteiger partial charge in [-0.05, 0) is 5.92 Å². The second kappa shape index (κ2) is 16.2. The monoisotopic (exact) mass is 165 g/mol. The summed E-state index contributed by atoms with van der Waals surface area (Å²) in [5.41, 5.74) is 4.57. The van der Waals surface area contributed by atoms with Crippen LogP contribution in [0.2, 0.25) is 0 Å². The van der Waals surface area contributed by atoms with Crippen LogP contribution in [0.3, 0.4) is 0 Å². The van der Waals surface area contributed by atoms with Crippen LogP contribution < -0.4 is 5.73 Å². The Morgan fingerprint density at radius 1 is 1.45 bits per heavy atom. The first-order valence-corrected chi connectivity index (χ1v) is 3.92. The highest BCUT2D eigenvalue weighted by Gasteiger charge is 1.81. The number of carbonyl (C=O) groups is 1. The Hall–Kier alpha value is -0.570. The molecule has 0 spiro atoms. The van der Waals surface area contributed by atoms with Gasteiger partial charge < -0.3 is 10.8 Å². The normalized spacial score (nSPS) is 7.18. The standard InChI is InChI=1S/C4H10.C2H5NO2.C2H6.H2/c1-4(2)3;3-1-2(4)5;1-2;/h4H,1-3H3;1,3H2,(H,4,5);1-2H3;1H. The molecule has 11 heavy (non-hydrogen) atoms. The average Bonchev–Trinajstić information content (AvgIpc) is 1.91. The van der Waals surface area contributed by atoms with Crippen molar-refractivity contribution >= 4 is 5.97 Å². The summed E-state index contributed by atoms with van der Waals surface area (Å²) in [4.78, 5) is 9.24. The van der Waals surface area contributed by atoms with Gasteiger partial charge in [0.2, 0.25) is 0 Å². The molecule has 0 amide bonds. The Labute approximate surface area is 71.1 Å². The molecule has 0 heterocycles. The molecule has 0 aromatic heterocycles. The summed E-state index contributed by atoms with van der Waals surface area (Å²) in [5.74, 6) is -0.134. The van der Waals surface area contributed by atoms with E-state index in [4.69, 9.17) is 5.11 Å². The van der Waals surface area contributed by atoms with Gasteiger partial charge in [0.05, 0.1) is 6.54 Å². The van der Waals surface area contributed by atoms with E-state index >= 15 is 0 Å². The van der Waals surface area contributed by atoms with E-state index in [1.807, 2.05) is 13.8 Å². The number of carboxylic acids is 1. The van der Waals surface area contributed by atoms with Crippen LogP contribution in [0, 0.1) is 5.92 Å². The lowest BCUT2D eigenvalue weighted by atomic mass is 10.3. The lowest BCUT2D eigenvalue weighted by Crippen LogP contribution is -2.10. The molecule has 0 bridgehead atoms. The van der Waals surface area contributed by atoms with Gasteiger partial charge in [0, 0.05) is 1.43 Å². The van der Waals surface area contributed by atoms with Crippen molar-refractivity contribution in [3.63, 3.8) is 0 Å². The van der Waals surface area contributed by atoms with Gasteiger partial charge in [-0.15, -0.1) is 0 Å². The zero-order valence-corrected chi connectivity index (χ0v) is 8.22. The van der Waals surface area contributed by atoms with Crippen molar-refractivity contribution in [3.05, 3.63) is 0 Å². The average molecular weight is 165 g/mol. The fourth-order valence-electron chi connectivity index (χ4n) is 0. The molecule has 0 aromatic rings. The lowest BCUT2D eigenvalue weighted by Gasteiger charge is -1.79. The second-order valence-electron chi connectivity index (χ2n) is 2.33. The van der Waals surface area contributed by atoms with E-state index in [0.29, 0.717) is 0 Å². The largest absolute Gasteiger partial charge is 0.480 e. The van der Waals surface area contributed by atoms with Gasteiger partial charge in [-0.2, -0.15) is 0 Å².